The van der Waals surface area contributed by atoms with Gasteiger partial charge in [-0.3, -0.25) is 28.9 Å². The summed E-state index contributed by atoms with van der Waals surface area (Å²) in [6.45, 7) is 1.11. The van der Waals surface area contributed by atoms with Gasteiger partial charge in [-0.25, -0.2) is 0 Å². The predicted octanol–water partition coefficient (Wildman–Crippen LogP) is 3.79. The lowest BCUT2D eigenvalue weighted by Crippen LogP contribution is -2.56. The Morgan fingerprint density at radius 1 is 0.826 bits per heavy atom. The smallest absolute Gasteiger partial charge is 0.325 e. The number of para-hydroxylation sites is 2. The molecular weight excluding hydrogens is 586 g/mol. The molecule has 1 heterocycles. The molecule has 3 amide bonds. The average Bonchev–Trinajstić information content (AvgIpc) is 3.19. The van der Waals surface area contributed by atoms with Crippen LogP contribution in [0.4, 0.5) is 5.69 Å². The highest BCUT2D eigenvalue weighted by atomic mass is 16.5. The monoisotopic (exact) mass is 619 g/mol. The number of ketones is 1. The SMILES string of the molecule is COC(=O)CN1C(=O)[C@@H](NC(=O)C(C)NC(=O)Cc2ccc(C(=O)c3ccccc3)cc2)[C@@H](c2ccccc2)Oc2ccccc21. The highest BCUT2D eigenvalue weighted by molar-refractivity contribution is 6.09. The van der Waals surface area contributed by atoms with Crippen molar-refractivity contribution < 1.29 is 33.4 Å². The van der Waals surface area contributed by atoms with Crippen molar-refractivity contribution in [2.24, 2.45) is 0 Å². The summed E-state index contributed by atoms with van der Waals surface area (Å²) in [5, 5.41) is 5.44. The molecule has 46 heavy (non-hydrogen) atoms. The van der Waals surface area contributed by atoms with E-state index < -0.39 is 48.4 Å². The molecule has 0 aromatic heterocycles. The van der Waals surface area contributed by atoms with Crippen LogP contribution in [-0.2, 0) is 30.3 Å². The molecule has 4 aromatic carbocycles. The molecule has 5 rings (SSSR count). The van der Waals surface area contributed by atoms with Gasteiger partial charge in [0.05, 0.1) is 19.2 Å². The molecule has 4 aromatic rings. The molecule has 10 nitrogen and oxygen atoms in total. The Kier molecular flexibility index (Phi) is 9.87. The summed E-state index contributed by atoms with van der Waals surface area (Å²) in [5.41, 5.74) is 2.70. The molecule has 0 saturated carbocycles. The molecule has 1 aliphatic heterocycles. The first-order valence-corrected chi connectivity index (χ1v) is 14.7. The molecule has 2 N–H and O–H groups in total. The Labute approximate surface area is 266 Å². The van der Waals surface area contributed by atoms with Gasteiger partial charge in [0.1, 0.15) is 24.4 Å². The van der Waals surface area contributed by atoms with Crippen LogP contribution in [0.1, 0.15) is 40.1 Å². The lowest BCUT2D eigenvalue weighted by atomic mass is 10.0. The predicted molar refractivity (Wildman–Crippen MR) is 170 cm³/mol. The number of amides is 3. The largest absolute Gasteiger partial charge is 0.481 e. The van der Waals surface area contributed by atoms with Crippen LogP contribution in [0.25, 0.3) is 0 Å². The molecule has 0 saturated heterocycles. The van der Waals surface area contributed by atoms with Gasteiger partial charge < -0.3 is 20.1 Å². The summed E-state index contributed by atoms with van der Waals surface area (Å²) in [6.07, 6.45) is -0.973. The molecule has 0 spiro atoms. The van der Waals surface area contributed by atoms with Crippen molar-refractivity contribution in [3.63, 3.8) is 0 Å². The fourth-order valence-corrected chi connectivity index (χ4v) is 5.15. The third-order valence-electron chi connectivity index (χ3n) is 7.57. The van der Waals surface area contributed by atoms with E-state index in [1.807, 2.05) is 12.1 Å². The van der Waals surface area contributed by atoms with E-state index in [4.69, 9.17) is 9.47 Å². The van der Waals surface area contributed by atoms with Crippen LogP contribution in [-0.4, -0.2) is 55.2 Å². The first-order valence-electron chi connectivity index (χ1n) is 14.7. The zero-order valence-corrected chi connectivity index (χ0v) is 25.3. The Morgan fingerprint density at radius 2 is 1.43 bits per heavy atom. The molecule has 234 valence electrons. The van der Waals surface area contributed by atoms with Crippen molar-refractivity contribution in [2.45, 2.75) is 31.5 Å². The number of hydrogen-bond acceptors (Lipinski definition) is 7. The maximum absolute atomic E-state index is 14.0. The zero-order valence-electron chi connectivity index (χ0n) is 25.3. The number of nitrogens with one attached hydrogen (secondary N) is 2. The van der Waals surface area contributed by atoms with E-state index in [1.165, 1.54) is 18.9 Å². The quantitative estimate of drug-likeness (QED) is 0.204. The van der Waals surface area contributed by atoms with E-state index in [0.29, 0.717) is 33.7 Å². The number of nitrogens with zero attached hydrogens (tertiary/aromatic N) is 1. The molecule has 0 fully saturated rings. The molecule has 0 radical (unpaired) electrons. The summed E-state index contributed by atoms with van der Waals surface area (Å²) < 4.78 is 11.2. The Hall–Kier alpha value is -5.77. The number of esters is 1. The van der Waals surface area contributed by atoms with Crippen LogP contribution < -0.4 is 20.3 Å². The van der Waals surface area contributed by atoms with Crippen molar-refractivity contribution >= 4 is 35.2 Å². The second-order valence-electron chi connectivity index (χ2n) is 10.8. The molecular formula is C36H33N3O7. The van der Waals surface area contributed by atoms with Crippen LogP contribution >= 0.6 is 0 Å². The topological polar surface area (TPSA) is 131 Å². The van der Waals surface area contributed by atoms with E-state index in [9.17, 15) is 24.0 Å². The van der Waals surface area contributed by atoms with Crippen LogP contribution in [0, 0.1) is 0 Å². The average molecular weight is 620 g/mol. The van der Waals surface area contributed by atoms with Gasteiger partial charge in [-0.15, -0.1) is 0 Å². The molecule has 3 atom stereocenters. The maximum atomic E-state index is 14.0. The van der Waals surface area contributed by atoms with Gasteiger partial charge in [-0.1, -0.05) is 97.1 Å². The molecule has 0 aliphatic carbocycles. The van der Waals surface area contributed by atoms with Crippen molar-refractivity contribution in [2.75, 3.05) is 18.6 Å². The highest BCUT2D eigenvalue weighted by Crippen LogP contribution is 2.37. The number of rotatable bonds is 10. The number of anilines is 1. The van der Waals surface area contributed by atoms with Crippen LogP contribution in [0.3, 0.4) is 0 Å². The summed E-state index contributed by atoms with van der Waals surface area (Å²) in [6, 6.07) is 29.1. The first-order chi connectivity index (χ1) is 22.2. The number of carbonyl (C=O) groups is 5. The summed E-state index contributed by atoms with van der Waals surface area (Å²) in [4.78, 5) is 66.7. The minimum absolute atomic E-state index is 0.0300. The molecule has 1 aliphatic rings. The van der Waals surface area contributed by atoms with Crippen LogP contribution in [0.2, 0.25) is 0 Å². The Bertz CT molecular complexity index is 1730. The van der Waals surface area contributed by atoms with E-state index >= 15 is 0 Å². The van der Waals surface area contributed by atoms with E-state index in [1.54, 1.807) is 97.1 Å². The lowest BCUT2D eigenvalue weighted by Gasteiger charge is -2.28. The first kappa shape index (κ1) is 31.6. The Balaban J connectivity index is 1.30. The molecule has 10 heteroatoms. The molecule has 1 unspecified atom stereocenters. The fraction of sp³-hybridized carbons (Fsp3) is 0.194. The summed E-state index contributed by atoms with van der Waals surface area (Å²) in [5.74, 6) is -2.05. The van der Waals surface area contributed by atoms with Crippen molar-refractivity contribution in [3.8, 4) is 5.75 Å². The van der Waals surface area contributed by atoms with E-state index in [-0.39, 0.29) is 12.2 Å². The minimum Gasteiger partial charge on any atom is -0.481 e. The van der Waals surface area contributed by atoms with Gasteiger partial charge in [-0.05, 0) is 30.2 Å². The fourth-order valence-electron chi connectivity index (χ4n) is 5.15. The van der Waals surface area contributed by atoms with Gasteiger partial charge in [0, 0.05) is 11.1 Å². The van der Waals surface area contributed by atoms with Crippen molar-refractivity contribution in [1.29, 1.82) is 0 Å². The number of hydrogen-bond donors (Lipinski definition) is 2. The van der Waals surface area contributed by atoms with Gasteiger partial charge in [0.15, 0.2) is 11.9 Å². The number of fused-ring (bicyclic) bond motifs is 1. The lowest BCUT2D eigenvalue weighted by molar-refractivity contribution is -0.140. The number of benzene rings is 4. The van der Waals surface area contributed by atoms with Crippen LogP contribution in [0.5, 0.6) is 5.75 Å². The van der Waals surface area contributed by atoms with Crippen LogP contribution in [0.15, 0.2) is 109 Å². The number of ether oxygens (including phenoxy) is 2. The second kappa shape index (κ2) is 14.3. The normalized spacial score (nSPS) is 16.2. The maximum Gasteiger partial charge on any atom is 0.325 e. The zero-order chi connectivity index (χ0) is 32.6. The number of methoxy groups -OCH3 is 1. The van der Waals surface area contributed by atoms with Gasteiger partial charge in [0.25, 0.3) is 5.91 Å². The van der Waals surface area contributed by atoms with E-state index in [2.05, 4.69) is 10.6 Å². The summed E-state index contributed by atoms with van der Waals surface area (Å²) >= 11 is 0. The number of carbonyl (C=O) groups excluding carboxylic acids is 5. The Morgan fingerprint density at radius 3 is 2.11 bits per heavy atom. The minimum atomic E-state index is -1.25. The van der Waals surface area contributed by atoms with Crippen molar-refractivity contribution in [1.82, 2.24) is 10.6 Å². The summed E-state index contributed by atoms with van der Waals surface area (Å²) in [7, 11) is 1.22. The van der Waals surface area contributed by atoms with E-state index in [0.717, 1.165) is 0 Å². The highest BCUT2D eigenvalue weighted by Gasteiger charge is 2.41. The van der Waals surface area contributed by atoms with Gasteiger partial charge >= 0.3 is 5.97 Å². The third-order valence-corrected chi connectivity index (χ3v) is 7.57. The van der Waals surface area contributed by atoms with Gasteiger partial charge in [-0.2, -0.15) is 0 Å². The standard InChI is InChI=1S/C36H33N3O7/c1-23(37-30(40)21-24-17-19-26(20-18-24)33(42)25-11-5-3-6-12-25)35(43)38-32-34(27-13-7-4-8-14-27)46-29-16-10-9-15-28(29)39(36(32)44)22-31(41)45-2/h3-20,23,32,34H,21-22H2,1-2H3,(H,37,40)(H,38,43)/t23?,32-,34+/m0/s1. The van der Waals surface area contributed by atoms with Crippen molar-refractivity contribution in [3.05, 3.63) is 131 Å². The third kappa shape index (κ3) is 7.29. The molecule has 0 bridgehead atoms. The van der Waals surface area contributed by atoms with Gasteiger partial charge in [0.2, 0.25) is 11.8 Å². The second-order valence-corrected chi connectivity index (χ2v) is 10.8.